The normalized spacial score (nSPS) is 14.7. The van der Waals surface area contributed by atoms with E-state index in [9.17, 15) is 0 Å². The minimum atomic E-state index is 0.0359. The number of halogens is 3. The zero-order chi connectivity index (χ0) is 22.5. The van der Waals surface area contributed by atoms with Crippen molar-refractivity contribution in [3.8, 4) is 28.5 Å². The van der Waals surface area contributed by atoms with Crippen molar-refractivity contribution < 1.29 is 4.42 Å². The fourth-order valence-corrected chi connectivity index (χ4v) is 4.84. The van der Waals surface area contributed by atoms with Crippen LogP contribution in [0, 0.1) is 0 Å². The highest BCUT2D eigenvalue weighted by atomic mass is 79.9. The largest absolute Gasteiger partial charge is 0.419 e. The lowest BCUT2D eigenvalue weighted by Crippen LogP contribution is -2.04. The fraction of sp³-hybridized carbons (Fsp3) is 0.292. The molecule has 0 bridgehead atoms. The monoisotopic (exact) mass is 530 g/mol. The van der Waals surface area contributed by atoms with E-state index in [-0.39, 0.29) is 5.41 Å². The van der Waals surface area contributed by atoms with Crippen molar-refractivity contribution in [2.45, 2.75) is 44.9 Å². The Hall–Kier alpha value is -2.15. The smallest absolute Gasteiger partial charge is 0.268 e. The minimum Gasteiger partial charge on any atom is -0.419 e. The average molecular weight is 532 g/mol. The summed E-state index contributed by atoms with van der Waals surface area (Å²) in [6, 6.07) is 13.5. The Labute approximate surface area is 204 Å². The summed E-state index contributed by atoms with van der Waals surface area (Å²) in [4.78, 5) is 0. The lowest BCUT2D eigenvalue weighted by atomic mass is 10.0. The number of nitrogens with zero attached hydrogens (tertiary/aromatic N) is 4. The minimum absolute atomic E-state index is 0.0359. The van der Waals surface area contributed by atoms with E-state index in [2.05, 4.69) is 52.1 Å². The molecule has 0 radical (unpaired) electrons. The lowest BCUT2D eigenvalue weighted by Gasteiger charge is -2.11. The molecule has 1 aliphatic carbocycles. The number of hydrogen-bond donors (Lipinski definition) is 0. The molecule has 5 rings (SSSR count). The van der Waals surface area contributed by atoms with E-state index >= 15 is 0 Å². The van der Waals surface area contributed by atoms with Crippen LogP contribution in [-0.2, 0) is 11.8 Å². The van der Waals surface area contributed by atoms with Gasteiger partial charge in [0.05, 0.1) is 16.4 Å². The second-order valence-electron chi connectivity index (χ2n) is 8.09. The first-order valence-corrected chi connectivity index (χ1v) is 12.2. The molecule has 32 heavy (non-hydrogen) atoms. The van der Waals surface area contributed by atoms with Crippen LogP contribution in [-0.4, -0.2) is 20.0 Å². The van der Waals surface area contributed by atoms with Crippen LogP contribution in [0.5, 0.6) is 0 Å². The molecule has 8 heteroatoms. The molecule has 0 N–H and O–H groups in total. The molecular formula is C24H21BrCl2N4O. The van der Waals surface area contributed by atoms with Crippen molar-refractivity contribution in [1.82, 2.24) is 20.0 Å². The summed E-state index contributed by atoms with van der Waals surface area (Å²) in [6.45, 7) is 4.26. The van der Waals surface area contributed by atoms with Gasteiger partial charge < -0.3 is 4.42 Å². The van der Waals surface area contributed by atoms with Crippen LogP contribution in [0.3, 0.4) is 0 Å². The van der Waals surface area contributed by atoms with Gasteiger partial charge in [-0.2, -0.15) is 5.10 Å². The molecule has 5 nitrogen and oxygen atoms in total. The predicted octanol–water partition coefficient (Wildman–Crippen LogP) is 7.66. The van der Waals surface area contributed by atoms with E-state index in [1.54, 1.807) is 6.07 Å². The summed E-state index contributed by atoms with van der Waals surface area (Å²) in [5.41, 5.74) is 4.44. The molecule has 0 atom stereocenters. The number of benzene rings is 2. The Balaban J connectivity index is 1.73. The molecule has 0 aliphatic heterocycles. The van der Waals surface area contributed by atoms with Crippen molar-refractivity contribution in [3.05, 3.63) is 68.4 Å². The maximum atomic E-state index is 6.59. The van der Waals surface area contributed by atoms with Gasteiger partial charge in [0.25, 0.3) is 5.89 Å². The highest BCUT2D eigenvalue weighted by Crippen LogP contribution is 2.50. The third-order valence-electron chi connectivity index (χ3n) is 6.20. The van der Waals surface area contributed by atoms with Crippen molar-refractivity contribution in [2.24, 2.45) is 0 Å². The Morgan fingerprint density at radius 1 is 1.06 bits per heavy atom. The van der Waals surface area contributed by atoms with Gasteiger partial charge in [0, 0.05) is 26.0 Å². The van der Waals surface area contributed by atoms with Crippen molar-refractivity contribution in [3.63, 3.8) is 0 Å². The van der Waals surface area contributed by atoms with Crippen molar-refractivity contribution in [1.29, 1.82) is 0 Å². The van der Waals surface area contributed by atoms with Gasteiger partial charge in [0.2, 0.25) is 5.89 Å². The van der Waals surface area contributed by atoms with E-state index in [1.165, 1.54) is 0 Å². The lowest BCUT2D eigenvalue weighted by molar-refractivity contribution is 0.433. The van der Waals surface area contributed by atoms with E-state index in [4.69, 9.17) is 32.7 Å². The van der Waals surface area contributed by atoms with Gasteiger partial charge >= 0.3 is 0 Å². The number of hydrogen-bond acceptors (Lipinski definition) is 4. The highest BCUT2D eigenvalue weighted by molar-refractivity contribution is 9.10. The Morgan fingerprint density at radius 3 is 2.44 bits per heavy atom. The molecule has 2 aromatic carbocycles. The molecule has 1 fully saturated rings. The summed E-state index contributed by atoms with van der Waals surface area (Å²) in [5, 5.41) is 14.8. The first kappa shape index (κ1) is 21.7. The SMILES string of the molecule is CCc1c(-c2nnc(C3(CC)CC3)o2)nn(-c2ccc(Cl)cc2Cl)c1-c1ccc(Br)cc1. The van der Waals surface area contributed by atoms with Gasteiger partial charge in [0.15, 0.2) is 5.69 Å². The van der Waals surface area contributed by atoms with Crippen LogP contribution >= 0.6 is 39.1 Å². The second kappa shape index (κ2) is 8.32. The average Bonchev–Trinajstić information content (AvgIpc) is 3.26. The van der Waals surface area contributed by atoms with E-state index in [1.807, 2.05) is 28.9 Å². The molecule has 1 aliphatic rings. The van der Waals surface area contributed by atoms with E-state index in [0.29, 0.717) is 27.5 Å². The number of aromatic nitrogens is 4. The van der Waals surface area contributed by atoms with Crippen LogP contribution < -0.4 is 0 Å². The molecule has 0 amide bonds. The molecule has 2 aromatic heterocycles. The Kier molecular flexibility index (Phi) is 5.64. The summed E-state index contributed by atoms with van der Waals surface area (Å²) in [6.07, 6.45) is 3.91. The fourth-order valence-electron chi connectivity index (χ4n) is 4.09. The van der Waals surface area contributed by atoms with Gasteiger partial charge in [-0.3, -0.25) is 0 Å². The first-order valence-electron chi connectivity index (χ1n) is 10.6. The molecule has 1 saturated carbocycles. The number of rotatable bonds is 6. The maximum absolute atomic E-state index is 6.59. The van der Waals surface area contributed by atoms with Crippen LogP contribution in [0.2, 0.25) is 10.0 Å². The van der Waals surface area contributed by atoms with E-state index < -0.39 is 0 Å². The summed E-state index contributed by atoms with van der Waals surface area (Å²) in [7, 11) is 0. The Bertz CT molecular complexity index is 1290. The van der Waals surface area contributed by atoms with Crippen molar-refractivity contribution in [2.75, 3.05) is 0 Å². The zero-order valence-corrected chi connectivity index (χ0v) is 20.8. The van der Waals surface area contributed by atoms with Gasteiger partial charge in [-0.1, -0.05) is 65.1 Å². The predicted molar refractivity (Wildman–Crippen MR) is 131 cm³/mol. The standard InChI is InChI=1S/C24H21BrCl2N4O/c1-3-17-20(22-28-29-23(32-22)24(4-2)11-12-24)30-31(19-10-9-16(26)13-18(19)27)21(17)14-5-7-15(25)8-6-14/h5-10,13H,3-4,11-12H2,1-2H3. The van der Waals surface area contributed by atoms with Crippen LogP contribution in [0.1, 0.15) is 44.6 Å². The summed E-state index contributed by atoms with van der Waals surface area (Å²) in [5.74, 6) is 1.15. The quantitative estimate of drug-likeness (QED) is 0.256. The van der Waals surface area contributed by atoms with Gasteiger partial charge in [-0.05, 0) is 56.0 Å². The topological polar surface area (TPSA) is 56.7 Å². The molecular weight excluding hydrogens is 511 g/mol. The zero-order valence-electron chi connectivity index (χ0n) is 17.7. The van der Waals surface area contributed by atoms with Crippen molar-refractivity contribution >= 4 is 39.1 Å². The third-order valence-corrected chi connectivity index (χ3v) is 7.27. The molecule has 164 valence electrons. The van der Waals surface area contributed by atoms with Gasteiger partial charge in [0.1, 0.15) is 0 Å². The van der Waals surface area contributed by atoms with Crippen LogP contribution in [0.4, 0.5) is 0 Å². The third kappa shape index (κ3) is 3.68. The highest BCUT2D eigenvalue weighted by Gasteiger charge is 2.47. The summed E-state index contributed by atoms with van der Waals surface area (Å²) >= 11 is 16.3. The molecule has 0 spiro atoms. The Morgan fingerprint density at radius 2 is 1.81 bits per heavy atom. The molecule has 0 saturated heterocycles. The van der Waals surface area contributed by atoms with Gasteiger partial charge in [-0.15, -0.1) is 10.2 Å². The van der Waals surface area contributed by atoms with Crippen LogP contribution in [0.25, 0.3) is 28.5 Å². The van der Waals surface area contributed by atoms with Crippen LogP contribution in [0.15, 0.2) is 51.4 Å². The molecule has 4 aromatic rings. The summed E-state index contributed by atoms with van der Waals surface area (Å²) < 4.78 is 9.04. The molecule has 0 unspecified atom stereocenters. The van der Waals surface area contributed by atoms with Gasteiger partial charge in [-0.25, -0.2) is 4.68 Å². The second-order valence-corrected chi connectivity index (χ2v) is 9.85. The van der Waals surface area contributed by atoms with E-state index in [0.717, 1.165) is 52.7 Å². The maximum Gasteiger partial charge on any atom is 0.268 e. The first-order chi connectivity index (χ1) is 15.5. The molecule has 2 heterocycles.